The van der Waals surface area contributed by atoms with Crippen molar-refractivity contribution in [3.05, 3.63) is 52.5 Å². The molecule has 2 aromatic rings. The largest absolute Gasteiger partial charge is 0.380 e. The van der Waals surface area contributed by atoms with E-state index in [9.17, 15) is 13.2 Å². The predicted molar refractivity (Wildman–Crippen MR) is 124 cm³/mol. The number of halogens is 2. The van der Waals surface area contributed by atoms with E-state index in [0.717, 1.165) is 31.6 Å². The lowest BCUT2D eigenvalue weighted by atomic mass is 10.1. The molecule has 1 fully saturated rings. The van der Waals surface area contributed by atoms with Crippen LogP contribution in [0.4, 0.5) is 11.4 Å². The number of benzene rings is 2. The number of nitrogens with one attached hydrogen (secondary N) is 2. The summed E-state index contributed by atoms with van der Waals surface area (Å²) in [4.78, 5) is 14.3. The Morgan fingerprint density at radius 2 is 1.84 bits per heavy atom. The molecule has 1 aliphatic heterocycles. The lowest BCUT2D eigenvalue weighted by Crippen LogP contribution is -2.39. The second kappa shape index (κ2) is 10.7. The molecule has 2 N–H and O–H groups in total. The number of methoxy groups -OCH3 is 1. The number of hydrogen-bond acceptors (Lipinski definition) is 5. The van der Waals surface area contributed by atoms with Crippen LogP contribution < -0.4 is 14.9 Å². The number of nitrogens with zero attached hydrogens (tertiary/aromatic N) is 1. The minimum atomic E-state index is -3.92. The maximum Gasteiger partial charge on any atom is 0.243 e. The van der Waals surface area contributed by atoms with Gasteiger partial charge in [0.1, 0.15) is 4.90 Å². The molecule has 1 heterocycles. The predicted octanol–water partition coefficient (Wildman–Crippen LogP) is 3.92. The van der Waals surface area contributed by atoms with Crippen LogP contribution in [0.15, 0.2) is 47.4 Å². The van der Waals surface area contributed by atoms with E-state index in [1.54, 1.807) is 13.2 Å². The first-order valence-electron chi connectivity index (χ1n) is 9.91. The van der Waals surface area contributed by atoms with Gasteiger partial charge in [-0.15, -0.1) is 0 Å². The zero-order chi connectivity index (χ0) is 22.4. The fraction of sp³-hybridized carbons (Fsp3) is 0.381. The summed E-state index contributed by atoms with van der Waals surface area (Å²) in [6.45, 7) is 1.74. The number of ether oxygens (including phenoxy) is 1. The van der Waals surface area contributed by atoms with Crippen molar-refractivity contribution >= 4 is 50.5 Å². The highest BCUT2D eigenvalue weighted by molar-refractivity contribution is 7.89. The van der Waals surface area contributed by atoms with Gasteiger partial charge in [0.05, 0.1) is 16.1 Å². The Hall–Kier alpha value is -1.84. The molecule has 3 rings (SSSR count). The maximum absolute atomic E-state index is 12.4. The Kier molecular flexibility index (Phi) is 8.18. The SMILES string of the molecule is COC1CCCN(c2ccc(NC(=O)CCNS(=O)(=O)c3c(Cl)cccc3Cl)cc2)C1. The standard InChI is InChI=1S/C21H25Cl2N3O4S/c1-30-17-4-3-13-26(14-17)16-9-7-15(8-10-16)25-20(27)11-12-24-31(28,29)21-18(22)5-2-6-19(21)23/h2,5-10,17,24H,3-4,11-14H2,1H3,(H,25,27). The van der Waals surface area contributed by atoms with Crippen LogP contribution >= 0.6 is 23.2 Å². The van der Waals surface area contributed by atoms with E-state index in [4.69, 9.17) is 27.9 Å². The van der Waals surface area contributed by atoms with Crippen molar-refractivity contribution in [3.63, 3.8) is 0 Å². The van der Waals surface area contributed by atoms with Crippen molar-refractivity contribution in [1.82, 2.24) is 4.72 Å². The molecule has 1 saturated heterocycles. The van der Waals surface area contributed by atoms with E-state index < -0.39 is 10.0 Å². The van der Waals surface area contributed by atoms with Gasteiger partial charge in [0.15, 0.2) is 0 Å². The molecule has 31 heavy (non-hydrogen) atoms. The summed E-state index contributed by atoms with van der Waals surface area (Å²) in [7, 11) is -2.19. The topological polar surface area (TPSA) is 87.7 Å². The average Bonchev–Trinajstić information content (AvgIpc) is 2.74. The van der Waals surface area contributed by atoms with Crippen LogP contribution in [-0.2, 0) is 19.6 Å². The normalized spacial score (nSPS) is 16.9. The van der Waals surface area contributed by atoms with Crippen molar-refractivity contribution in [2.45, 2.75) is 30.3 Å². The summed E-state index contributed by atoms with van der Waals surface area (Å²) in [5.74, 6) is -0.307. The molecule has 10 heteroatoms. The number of carbonyl (C=O) groups excluding carboxylic acids is 1. The lowest BCUT2D eigenvalue weighted by molar-refractivity contribution is -0.116. The van der Waals surface area contributed by atoms with Crippen molar-refractivity contribution in [2.75, 3.05) is 37.0 Å². The quantitative estimate of drug-likeness (QED) is 0.591. The van der Waals surface area contributed by atoms with Gasteiger partial charge in [0, 0.05) is 44.5 Å². The fourth-order valence-electron chi connectivity index (χ4n) is 3.45. The number of hydrogen-bond donors (Lipinski definition) is 2. The van der Waals surface area contributed by atoms with Gasteiger partial charge in [0.25, 0.3) is 0 Å². The number of piperidine rings is 1. The average molecular weight is 486 g/mol. The van der Waals surface area contributed by atoms with Crippen LogP contribution in [0.25, 0.3) is 0 Å². The summed E-state index contributed by atoms with van der Waals surface area (Å²) < 4.78 is 32.7. The van der Waals surface area contributed by atoms with Gasteiger partial charge in [-0.05, 0) is 49.2 Å². The fourth-order valence-corrected chi connectivity index (χ4v) is 5.63. The summed E-state index contributed by atoms with van der Waals surface area (Å²) in [5, 5.41) is 2.82. The van der Waals surface area contributed by atoms with Crippen LogP contribution in [0.3, 0.4) is 0 Å². The number of amides is 1. The van der Waals surface area contributed by atoms with E-state index in [-0.39, 0.29) is 39.9 Å². The molecule has 2 aromatic carbocycles. The molecule has 168 valence electrons. The minimum Gasteiger partial charge on any atom is -0.380 e. The van der Waals surface area contributed by atoms with E-state index >= 15 is 0 Å². The maximum atomic E-state index is 12.4. The van der Waals surface area contributed by atoms with Gasteiger partial charge < -0.3 is 15.0 Å². The highest BCUT2D eigenvalue weighted by Crippen LogP contribution is 2.28. The zero-order valence-corrected chi connectivity index (χ0v) is 19.4. The second-order valence-electron chi connectivity index (χ2n) is 7.24. The first-order valence-corrected chi connectivity index (χ1v) is 12.2. The van der Waals surface area contributed by atoms with Crippen LogP contribution in [0.2, 0.25) is 10.0 Å². The van der Waals surface area contributed by atoms with Gasteiger partial charge in [-0.25, -0.2) is 13.1 Å². The van der Waals surface area contributed by atoms with Crippen molar-refractivity contribution in [1.29, 1.82) is 0 Å². The minimum absolute atomic E-state index is 0.0232. The van der Waals surface area contributed by atoms with Gasteiger partial charge in [-0.1, -0.05) is 29.3 Å². The summed E-state index contributed by atoms with van der Waals surface area (Å²) in [6.07, 6.45) is 2.34. The summed E-state index contributed by atoms with van der Waals surface area (Å²) >= 11 is 11.9. The first-order chi connectivity index (χ1) is 14.8. The Morgan fingerprint density at radius 1 is 1.16 bits per heavy atom. The summed E-state index contributed by atoms with van der Waals surface area (Å²) in [5.41, 5.74) is 1.72. The number of anilines is 2. The Labute approximate surface area is 192 Å². The van der Waals surface area contributed by atoms with Crippen LogP contribution in [-0.4, -0.2) is 47.2 Å². The highest BCUT2D eigenvalue weighted by atomic mass is 35.5. The molecular formula is C21H25Cl2N3O4S. The van der Waals surface area contributed by atoms with Crippen LogP contribution in [0, 0.1) is 0 Å². The molecule has 7 nitrogen and oxygen atoms in total. The Balaban J connectivity index is 1.51. The summed E-state index contributed by atoms with van der Waals surface area (Å²) in [6, 6.07) is 12.0. The molecule has 0 radical (unpaired) electrons. The zero-order valence-electron chi connectivity index (χ0n) is 17.1. The molecule has 0 aliphatic carbocycles. The van der Waals surface area contributed by atoms with E-state index in [1.165, 1.54) is 12.1 Å². The number of rotatable bonds is 8. The molecule has 1 amide bonds. The second-order valence-corrected chi connectivity index (χ2v) is 9.76. The molecule has 0 saturated carbocycles. The van der Waals surface area contributed by atoms with Crippen molar-refractivity contribution < 1.29 is 17.9 Å². The van der Waals surface area contributed by atoms with E-state index in [0.29, 0.717) is 5.69 Å². The Bertz CT molecular complexity index is 996. The van der Waals surface area contributed by atoms with Gasteiger partial charge in [-0.2, -0.15) is 0 Å². The van der Waals surface area contributed by atoms with Crippen molar-refractivity contribution in [2.24, 2.45) is 0 Å². The molecule has 1 aliphatic rings. The third-order valence-corrected chi connectivity index (χ3v) is 7.48. The van der Waals surface area contributed by atoms with E-state index in [1.807, 2.05) is 24.3 Å². The molecule has 0 spiro atoms. The van der Waals surface area contributed by atoms with Gasteiger partial charge in [0.2, 0.25) is 15.9 Å². The molecule has 0 aromatic heterocycles. The molecule has 1 unspecified atom stereocenters. The van der Waals surface area contributed by atoms with Crippen LogP contribution in [0.5, 0.6) is 0 Å². The molecule has 1 atom stereocenters. The highest BCUT2D eigenvalue weighted by Gasteiger charge is 2.22. The number of sulfonamides is 1. The number of carbonyl (C=O) groups is 1. The van der Waals surface area contributed by atoms with Crippen molar-refractivity contribution in [3.8, 4) is 0 Å². The first kappa shape index (κ1) is 23.8. The molecular weight excluding hydrogens is 461 g/mol. The van der Waals surface area contributed by atoms with Gasteiger partial charge in [-0.3, -0.25) is 4.79 Å². The third kappa shape index (κ3) is 6.33. The van der Waals surface area contributed by atoms with Crippen LogP contribution in [0.1, 0.15) is 19.3 Å². The smallest absolute Gasteiger partial charge is 0.243 e. The monoisotopic (exact) mass is 485 g/mol. The lowest BCUT2D eigenvalue weighted by Gasteiger charge is -2.33. The third-order valence-electron chi connectivity index (χ3n) is 5.06. The van der Waals surface area contributed by atoms with Gasteiger partial charge >= 0.3 is 0 Å². The Morgan fingerprint density at radius 3 is 2.48 bits per heavy atom. The molecule has 0 bridgehead atoms. The van der Waals surface area contributed by atoms with E-state index in [2.05, 4.69) is 14.9 Å².